The first kappa shape index (κ1) is 10.8. The lowest BCUT2D eigenvalue weighted by Crippen LogP contribution is -1.98. The Balaban J connectivity index is 2.41. The number of hydrogen-bond acceptors (Lipinski definition) is 2. The SMILES string of the molecule is Cc1cc(=O)oc2c(-c3ccccc3)cccc12. The van der Waals surface area contributed by atoms with Crippen molar-refractivity contribution in [1.29, 1.82) is 0 Å². The van der Waals surface area contributed by atoms with Crippen LogP contribution in [0.15, 0.2) is 63.8 Å². The topological polar surface area (TPSA) is 30.2 Å². The molecular weight excluding hydrogens is 224 g/mol. The van der Waals surface area contributed by atoms with Crippen LogP contribution in [0.1, 0.15) is 5.56 Å². The van der Waals surface area contributed by atoms with Gasteiger partial charge in [0.1, 0.15) is 5.58 Å². The fourth-order valence-electron chi connectivity index (χ4n) is 2.19. The largest absolute Gasteiger partial charge is 0.422 e. The van der Waals surface area contributed by atoms with E-state index in [1.54, 1.807) is 0 Å². The van der Waals surface area contributed by atoms with E-state index < -0.39 is 0 Å². The van der Waals surface area contributed by atoms with E-state index in [1.165, 1.54) is 6.07 Å². The molecule has 0 fully saturated rings. The van der Waals surface area contributed by atoms with E-state index in [0.717, 1.165) is 22.1 Å². The van der Waals surface area contributed by atoms with Gasteiger partial charge in [-0.15, -0.1) is 0 Å². The highest BCUT2D eigenvalue weighted by atomic mass is 16.4. The molecule has 3 rings (SSSR count). The fraction of sp³-hybridized carbons (Fsp3) is 0.0625. The molecule has 2 heteroatoms. The molecule has 0 aliphatic heterocycles. The molecule has 2 nitrogen and oxygen atoms in total. The molecule has 1 aromatic heterocycles. The van der Waals surface area contributed by atoms with Crippen molar-refractivity contribution in [1.82, 2.24) is 0 Å². The third-order valence-electron chi connectivity index (χ3n) is 3.06. The first-order valence-corrected chi connectivity index (χ1v) is 5.84. The normalized spacial score (nSPS) is 10.7. The zero-order chi connectivity index (χ0) is 12.5. The van der Waals surface area contributed by atoms with Gasteiger partial charge < -0.3 is 4.42 Å². The molecule has 0 spiro atoms. The highest BCUT2D eigenvalue weighted by molar-refractivity contribution is 5.93. The van der Waals surface area contributed by atoms with E-state index in [2.05, 4.69) is 0 Å². The van der Waals surface area contributed by atoms with Gasteiger partial charge in [-0.05, 0) is 18.1 Å². The van der Waals surface area contributed by atoms with Crippen LogP contribution in [-0.2, 0) is 0 Å². The molecule has 0 aliphatic carbocycles. The highest BCUT2D eigenvalue weighted by Crippen LogP contribution is 2.28. The van der Waals surface area contributed by atoms with Crippen LogP contribution >= 0.6 is 0 Å². The number of fused-ring (bicyclic) bond motifs is 1. The van der Waals surface area contributed by atoms with Gasteiger partial charge in [0.15, 0.2) is 0 Å². The van der Waals surface area contributed by atoms with Crippen molar-refractivity contribution in [2.24, 2.45) is 0 Å². The molecule has 2 aromatic carbocycles. The first-order chi connectivity index (χ1) is 8.75. The van der Waals surface area contributed by atoms with Gasteiger partial charge in [0, 0.05) is 17.0 Å². The van der Waals surface area contributed by atoms with Crippen LogP contribution in [0.5, 0.6) is 0 Å². The van der Waals surface area contributed by atoms with E-state index in [9.17, 15) is 4.79 Å². The number of benzene rings is 2. The van der Waals surface area contributed by atoms with E-state index in [0.29, 0.717) is 5.58 Å². The van der Waals surface area contributed by atoms with Crippen molar-refractivity contribution >= 4 is 11.0 Å². The van der Waals surface area contributed by atoms with Gasteiger partial charge in [0.2, 0.25) is 0 Å². The molecule has 1 heterocycles. The number of rotatable bonds is 1. The molecule has 0 N–H and O–H groups in total. The molecule has 0 unspecified atom stereocenters. The Morgan fingerprint density at radius 2 is 1.72 bits per heavy atom. The Morgan fingerprint density at radius 3 is 2.50 bits per heavy atom. The Hall–Kier alpha value is -2.35. The lowest BCUT2D eigenvalue weighted by Gasteiger charge is -2.06. The monoisotopic (exact) mass is 236 g/mol. The smallest absolute Gasteiger partial charge is 0.336 e. The van der Waals surface area contributed by atoms with E-state index in [4.69, 9.17) is 4.42 Å². The van der Waals surface area contributed by atoms with Crippen molar-refractivity contribution in [3.63, 3.8) is 0 Å². The molecule has 0 saturated carbocycles. The Kier molecular flexibility index (Phi) is 2.49. The molecule has 88 valence electrons. The van der Waals surface area contributed by atoms with E-state index >= 15 is 0 Å². The molecule has 0 aliphatic rings. The van der Waals surface area contributed by atoms with Gasteiger partial charge in [-0.25, -0.2) is 4.79 Å². The summed E-state index contributed by atoms with van der Waals surface area (Å²) in [6, 6.07) is 17.4. The molecule has 0 saturated heterocycles. The van der Waals surface area contributed by atoms with Gasteiger partial charge in [-0.3, -0.25) is 0 Å². The number of aryl methyl sites for hydroxylation is 1. The number of para-hydroxylation sites is 1. The van der Waals surface area contributed by atoms with Crippen LogP contribution in [0.2, 0.25) is 0 Å². The summed E-state index contributed by atoms with van der Waals surface area (Å²) in [5.74, 6) is 0. The lowest BCUT2D eigenvalue weighted by atomic mass is 10.0. The van der Waals surface area contributed by atoms with Crippen LogP contribution in [0.3, 0.4) is 0 Å². The molecular formula is C16H12O2. The first-order valence-electron chi connectivity index (χ1n) is 5.84. The van der Waals surface area contributed by atoms with Gasteiger partial charge >= 0.3 is 5.63 Å². The second kappa shape index (κ2) is 4.15. The average molecular weight is 236 g/mol. The summed E-state index contributed by atoms with van der Waals surface area (Å²) in [5.41, 5.74) is 3.31. The maximum Gasteiger partial charge on any atom is 0.336 e. The average Bonchev–Trinajstić information content (AvgIpc) is 2.39. The van der Waals surface area contributed by atoms with Crippen LogP contribution in [0.25, 0.3) is 22.1 Å². The molecule has 0 amide bonds. The summed E-state index contributed by atoms with van der Waals surface area (Å²) in [4.78, 5) is 11.5. The molecule has 18 heavy (non-hydrogen) atoms. The minimum Gasteiger partial charge on any atom is -0.422 e. The van der Waals surface area contributed by atoms with Gasteiger partial charge in [0.05, 0.1) is 0 Å². The zero-order valence-electron chi connectivity index (χ0n) is 10.0. The van der Waals surface area contributed by atoms with Crippen molar-refractivity contribution < 1.29 is 4.42 Å². The van der Waals surface area contributed by atoms with Gasteiger partial charge in [-0.1, -0.05) is 48.5 Å². The van der Waals surface area contributed by atoms with Crippen molar-refractivity contribution in [3.05, 3.63) is 70.6 Å². The highest BCUT2D eigenvalue weighted by Gasteiger charge is 2.08. The summed E-state index contributed by atoms with van der Waals surface area (Å²) in [7, 11) is 0. The van der Waals surface area contributed by atoms with E-state index in [1.807, 2.05) is 55.5 Å². The van der Waals surface area contributed by atoms with Crippen molar-refractivity contribution in [2.75, 3.05) is 0 Å². The summed E-state index contributed by atoms with van der Waals surface area (Å²) in [6.45, 7) is 1.92. The van der Waals surface area contributed by atoms with Crippen LogP contribution in [0, 0.1) is 6.92 Å². The summed E-state index contributed by atoms with van der Waals surface area (Å²) < 4.78 is 5.37. The molecule has 0 atom stereocenters. The molecule has 0 bridgehead atoms. The second-order valence-corrected chi connectivity index (χ2v) is 4.30. The second-order valence-electron chi connectivity index (χ2n) is 4.30. The Bertz CT molecular complexity index is 755. The summed E-state index contributed by atoms with van der Waals surface area (Å²) in [5, 5.41) is 0.982. The predicted octanol–water partition coefficient (Wildman–Crippen LogP) is 3.77. The van der Waals surface area contributed by atoms with Crippen LogP contribution in [-0.4, -0.2) is 0 Å². The maximum absolute atomic E-state index is 11.5. The molecule has 3 aromatic rings. The standard InChI is InChI=1S/C16H12O2/c1-11-10-15(17)18-16-13(11)8-5-9-14(16)12-6-3-2-4-7-12/h2-10H,1H3. The third kappa shape index (κ3) is 1.72. The minimum absolute atomic E-state index is 0.302. The lowest BCUT2D eigenvalue weighted by molar-refractivity contribution is 0.561. The van der Waals surface area contributed by atoms with Crippen LogP contribution in [0.4, 0.5) is 0 Å². The Morgan fingerprint density at radius 1 is 0.944 bits per heavy atom. The number of hydrogen-bond donors (Lipinski definition) is 0. The molecule has 0 radical (unpaired) electrons. The maximum atomic E-state index is 11.5. The van der Waals surface area contributed by atoms with Crippen molar-refractivity contribution in [3.8, 4) is 11.1 Å². The fourth-order valence-corrected chi connectivity index (χ4v) is 2.19. The minimum atomic E-state index is -0.302. The third-order valence-corrected chi connectivity index (χ3v) is 3.06. The summed E-state index contributed by atoms with van der Waals surface area (Å²) in [6.07, 6.45) is 0. The predicted molar refractivity (Wildman–Crippen MR) is 72.7 cm³/mol. The van der Waals surface area contributed by atoms with Gasteiger partial charge in [0.25, 0.3) is 0 Å². The quantitative estimate of drug-likeness (QED) is 0.602. The van der Waals surface area contributed by atoms with Crippen molar-refractivity contribution in [2.45, 2.75) is 6.92 Å². The zero-order valence-corrected chi connectivity index (χ0v) is 10.0. The Labute approximate surface area is 105 Å². The van der Waals surface area contributed by atoms with E-state index in [-0.39, 0.29) is 5.63 Å². The van der Waals surface area contributed by atoms with Gasteiger partial charge in [-0.2, -0.15) is 0 Å². The van der Waals surface area contributed by atoms with Crippen LogP contribution < -0.4 is 5.63 Å². The summed E-state index contributed by atoms with van der Waals surface area (Å²) >= 11 is 0.